The molecule has 2 heterocycles. The lowest BCUT2D eigenvalue weighted by atomic mass is 9.98. The van der Waals surface area contributed by atoms with Gasteiger partial charge in [-0.15, -0.1) is 6.58 Å². The van der Waals surface area contributed by atoms with Crippen LogP contribution in [0.5, 0.6) is 0 Å². The molecule has 2 fully saturated rings. The molecule has 104 valence electrons. The van der Waals surface area contributed by atoms with Gasteiger partial charge in [0.2, 0.25) is 0 Å². The van der Waals surface area contributed by atoms with Gasteiger partial charge in [-0.05, 0) is 20.0 Å². The molecule has 2 rings (SSSR count). The molecule has 0 aromatic carbocycles. The van der Waals surface area contributed by atoms with E-state index in [9.17, 15) is 8.78 Å². The van der Waals surface area contributed by atoms with Gasteiger partial charge in [0, 0.05) is 32.7 Å². The van der Waals surface area contributed by atoms with E-state index >= 15 is 0 Å². The molecular formula is C13H23F2N3. The third-order valence-corrected chi connectivity index (χ3v) is 3.99. The lowest BCUT2D eigenvalue weighted by Gasteiger charge is -2.45. The Labute approximate surface area is 108 Å². The molecule has 1 unspecified atom stereocenters. The summed E-state index contributed by atoms with van der Waals surface area (Å²) >= 11 is 0. The molecule has 2 saturated heterocycles. The van der Waals surface area contributed by atoms with E-state index < -0.39 is 12.0 Å². The Morgan fingerprint density at radius 3 is 2.44 bits per heavy atom. The van der Waals surface area contributed by atoms with E-state index in [1.54, 1.807) is 11.9 Å². The fourth-order valence-electron chi connectivity index (χ4n) is 2.99. The van der Waals surface area contributed by atoms with Crippen molar-refractivity contribution in [2.45, 2.75) is 18.4 Å². The highest BCUT2D eigenvalue weighted by atomic mass is 19.3. The van der Waals surface area contributed by atoms with Gasteiger partial charge in [-0.1, -0.05) is 6.08 Å². The summed E-state index contributed by atoms with van der Waals surface area (Å²) in [5, 5.41) is 0. The molecule has 1 atom stereocenters. The summed E-state index contributed by atoms with van der Waals surface area (Å²) in [7, 11) is 1.77. The summed E-state index contributed by atoms with van der Waals surface area (Å²) < 4.78 is 28.1. The Kier molecular flexibility index (Phi) is 4.35. The zero-order valence-corrected chi connectivity index (χ0v) is 11.1. The maximum absolute atomic E-state index is 14.0. The zero-order valence-electron chi connectivity index (χ0n) is 11.1. The van der Waals surface area contributed by atoms with Gasteiger partial charge in [0.1, 0.15) is 0 Å². The number of piperazine rings is 1. The summed E-state index contributed by atoms with van der Waals surface area (Å²) in [6.45, 7) is 8.47. The Hall–Kier alpha value is -0.520. The van der Waals surface area contributed by atoms with Crippen molar-refractivity contribution in [2.75, 3.05) is 52.9 Å². The topological polar surface area (TPSA) is 9.72 Å². The molecule has 18 heavy (non-hydrogen) atoms. The van der Waals surface area contributed by atoms with E-state index in [1.165, 1.54) is 0 Å². The molecule has 0 radical (unpaired) electrons. The van der Waals surface area contributed by atoms with Crippen molar-refractivity contribution in [2.24, 2.45) is 0 Å². The van der Waals surface area contributed by atoms with Crippen LogP contribution >= 0.6 is 0 Å². The summed E-state index contributed by atoms with van der Waals surface area (Å²) in [5.41, 5.74) is 0. The number of nitrogens with zero attached hydrogens (tertiary/aromatic N) is 3. The Bertz CT molecular complexity index is 288. The highest BCUT2D eigenvalue weighted by Crippen LogP contribution is 2.31. The van der Waals surface area contributed by atoms with Gasteiger partial charge in [0.15, 0.2) is 0 Å². The largest absolute Gasteiger partial charge is 0.300 e. The number of rotatable bonds is 3. The van der Waals surface area contributed by atoms with E-state index in [-0.39, 0.29) is 6.54 Å². The molecule has 5 heteroatoms. The van der Waals surface area contributed by atoms with Gasteiger partial charge < -0.3 is 4.90 Å². The number of alkyl halides is 2. The van der Waals surface area contributed by atoms with Crippen LogP contribution in [0, 0.1) is 0 Å². The van der Waals surface area contributed by atoms with Gasteiger partial charge in [0.05, 0.1) is 12.6 Å². The highest BCUT2D eigenvalue weighted by Gasteiger charge is 2.46. The summed E-state index contributed by atoms with van der Waals surface area (Å²) in [6.07, 6.45) is 2.45. The molecule has 0 aromatic rings. The SMILES string of the molecule is C=CCN1CCN(C2CCN(C)CC2(F)F)CC1. The third-order valence-electron chi connectivity index (χ3n) is 3.99. The van der Waals surface area contributed by atoms with Crippen molar-refractivity contribution in [1.29, 1.82) is 0 Å². The molecule has 0 saturated carbocycles. The van der Waals surface area contributed by atoms with Crippen LogP contribution in [0.15, 0.2) is 12.7 Å². The number of hydrogen-bond acceptors (Lipinski definition) is 3. The van der Waals surface area contributed by atoms with Crippen LogP contribution in [0.4, 0.5) is 8.78 Å². The normalized spacial score (nSPS) is 31.4. The van der Waals surface area contributed by atoms with Crippen molar-refractivity contribution in [3.05, 3.63) is 12.7 Å². The minimum absolute atomic E-state index is 0.107. The second-order valence-electron chi connectivity index (χ2n) is 5.43. The van der Waals surface area contributed by atoms with Gasteiger partial charge in [0.25, 0.3) is 5.92 Å². The third kappa shape index (κ3) is 3.08. The molecule has 0 amide bonds. The number of likely N-dealkylation sites (tertiary alicyclic amines) is 1. The number of halogens is 2. The molecule has 0 aromatic heterocycles. The Morgan fingerprint density at radius 2 is 1.89 bits per heavy atom. The van der Waals surface area contributed by atoms with Crippen molar-refractivity contribution in [1.82, 2.24) is 14.7 Å². The van der Waals surface area contributed by atoms with Crippen LogP contribution in [0.3, 0.4) is 0 Å². The molecule has 2 aliphatic rings. The van der Waals surface area contributed by atoms with E-state index in [1.807, 2.05) is 11.0 Å². The predicted octanol–water partition coefficient (Wildman–Crippen LogP) is 1.13. The first-order chi connectivity index (χ1) is 8.53. The maximum atomic E-state index is 14.0. The Balaban J connectivity index is 1.90. The summed E-state index contributed by atoms with van der Waals surface area (Å²) in [6, 6.07) is -0.570. The minimum Gasteiger partial charge on any atom is -0.300 e. The van der Waals surface area contributed by atoms with Crippen LogP contribution in [0.25, 0.3) is 0 Å². The molecule has 0 spiro atoms. The fourth-order valence-corrected chi connectivity index (χ4v) is 2.99. The minimum atomic E-state index is -2.58. The van der Waals surface area contributed by atoms with Crippen LogP contribution in [0.1, 0.15) is 6.42 Å². The lowest BCUT2D eigenvalue weighted by molar-refractivity contribution is -0.128. The smallest absolute Gasteiger partial charge is 0.275 e. The number of piperidine rings is 1. The molecule has 2 aliphatic heterocycles. The van der Waals surface area contributed by atoms with Crippen LogP contribution < -0.4 is 0 Å². The van der Waals surface area contributed by atoms with Crippen molar-refractivity contribution in [3.63, 3.8) is 0 Å². The van der Waals surface area contributed by atoms with Crippen molar-refractivity contribution < 1.29 is 8.78 Å². The van der Waals surface area contributed by atoms with Crippen molar-refractivity contribution in [3.8, 4) is 0 Å². The predicted molar refractivity (Wildman–Crippen MR) is 69.1 cm³/mol. The molecule has 0 N–H and O–H groups in total. The molecule has 0 bridgehead atoms. The van der Waals surface area contributed by atoms with Crippen LogP contribution in [0.2, 0.25) is 0 Å². The van der Waals surface area contributed by atoms with Gasteiger partial charge in [-0.3, -0.25) is 9.80 Å². The monoisotopic (exact) mass is 259 g/mol. The van der Waals surface area contributed by atoms with Gasteiger partial charge >= 0.3 is 0 Å². The standard InChI is InChI=1S/C13H23F2N3/c1-3-5-17-7-9-18(10-8-17)12-4-6-16(2)11-13(12,14)15/h3,12H,1,4-11H2,2H3. The van der Waals surface area contributed by atoms with Crippen molar-refractivity contribution >= 4 is 0 Å². The van der Waals surface area contributed by atoms with Gasteiger partial charge in [-0.2, -0.15) is 0 Å². The summed E-state index contributed by atoms with van der Waals surface area (Å²) in [5.74, 6) is -2.58. The zero-order chi connectivity index (χ0) is 13.2. The van der Waals surface area contributed by atoms with E-state index in [0.29, 0.717) is 6.42 Å². The van der Waals surface area contributed by atoms with E-state index in [4.69, 9.17) is 0 Å². The first-order valence-corrected chi connectivity index (χ1v) is 6.66. The average molecular weight is 259 g/mol. The van der Waals surface area contributed by atoms with Gasteiger partial charge in [-0.25, -0.2) is 8.78 Å². The van der Waals surface area contributed by atoms with E-state index in [2.05, 4.69) is 11.5 Å². The first kappa shape index (κ1) is 13.9. The highest BCUT2D eigenvalue weighted by molar-refractivity contribution is 4.94. The van der Waals surface area contributed by atoms with Crippen LogP contribution in [-0.2, 0) is 0 Å². The second-order valence-corrected chi connectivity index (χ2v) is 5.43. The average Bonchev–Trinajstić information content (AvgIpc) is 2.30. The molecular weight excluding hydrogens is 236 g/mol. The Morgan fingerprint density at radius 1 is 1.22 bits per heavy atom. The fraction of sp³-hybridized carbons (Fsp3) is 0.846. The van der Waals surface area contributed by atoms with Crippen LogP contribution in [-0.4, -0.2) is 79.5 Å². The van der Waals surface area contributed by atoms with E-state index in [0.717, 1.165) is 39.3 Å². The molecule has 0 aliphatic carbocycles. The first-order valence-electron chi connectivity index (χ1n) is 6.66. The quantitative estimate of drug-likeness (QED) is 0.704. The lowest BCUT2D eigenvalue weighted by Crippen LogP contribution is -2.61. The number of hydrogen-bond donors (Lipinski definition) is 0. The summed E-state index contributed by atoms with van der Waals surface area (Å²) in [4.78, 5) is 5.97. The molecule has 3 nitrogen and oxygen atoms in total. The maximum Gasteiger partial charge on any atom is 0.275 e. The second kappa shape index (κ2) is 5.63.